The molecule has 0 bridgehead atoms. The Kier molecular flexibility index (Phi) is 6.43. The van der Waals surface area contributed by atoms with Gasteiger partial charge in [-0.1, -0.05) is 37.3 Å². The smallest absolute Gasteiger partial charge is 0.107 e. The molecule has 0 amide bonds. The Hall–Kier alpha value is -1.16. The molecule has 114 valence electrons. The van der Waals surface area contributed by atoms with E-state index < -0.39 is 0 Å². The van der Waals surface area contributed by atoms with Gasteiger partial charge in [0, 0.05) is 17.5 Å². The van der Waals surface area contributed by atoms with E-state index in [9.17, 15) is 0 Å². The van der Waals surface area contributed by atoms with Crippen LogP contribution in [0.5, 0.6) is 0 Å². The van der Waals surface area contributed by atoms with E-state index in [4.69, 9.17) is 10.5 Å². The topological polar surface area (TPSA) is 35.2 Å². The molecule has 0 radical (unpaired) electrons. The molecule has 0 saturated carbocycles. The van der Waals surface area contributed by atoms with Crippen LogP contribution in [-0.2, 0) is 11.2 Å². The number of aryl methyl sites for hydroxylation is 2. The minimum absolute atomic E-state index is 0.0331. The SMILES string of the molecule is CCC(N)C(OCCCc1ccccc1)c1sccc1C. The van der Waals surface area contributed by atoms with Crippen molar-refractivity contribution in [2.24, 2.45) is 5.73 Å². The molecule has 0 aliphatic carbocycles. The van der Waals surface area contributed by atoms with E-state index in [1.54, 1.807) is 11.3 Å². The lowest BCUT2D eigenvalue weighted by molar-refractivity contribution is 0.0342. The lowest BCUT2D eigenvalue weighted by Crippen LogP contribution is -2.29. The van der Waals surface area contributed by atoms with Crippen molar-refractivity contribution in [3.05, 3.63) is 57.8 Å². The van der Waals surface area contributed by atoms with Gasteiger partial charge in [-0.3, -0.25) is 0 Å². The zero-order valence-electron chi connectivity index (χ0n) is 12.9. The van der Waals surface area contributed by atoms with Gasteiger partial charge < -0.3 is 10.5 Å². The third-order valence-electron chi connectivity index (χ3n) is 3.77. The molecule has 2 unspecified atom stereocenters. The van der Waals surface area contributed by atoms with Crippen LogP contribution in [0.3, 0.4) is 0 Å². The molecule has 21 heavy (non-hydrogen) atoms. The van der Waals surface area contributed by atoms with Gasteiger partial charge >= 0.3 is 0 Å². The molecule has 1 aromatic carbocycles. The van der Waals surface area contributed by atoms with Gasteiger partial charge in [-0.25, -0.2) is 0 Å². The molecular weight excluding hydrogens is 278 g/mol. The molecular formula is C18H25NOS. The maximum Gasteiger partial charge on any atom is 0.107 e. The monoisotopic (exact) mass is 303 g/mol. The van der Waals surface area contributed by atoms with E-state index in [1.165, 1.54) is 16.0 Å². The minimum Gasteiger partial charge on any atom is -0.371 e. The zero-order valence-corrected chi connectivity index (χ0v) is 13.7. The predicted molar refractivity (Wildman–Crippen MR) is 90.8 cm³/mol. The largest absolute Gasteiger partial charge is 0.371 e. The second kappa shape index (κ2) is 8.32. The van der Waals surface area contributed by atoms with Gasteiger partial charge in [0.05, 0.1) is 0 Å². The van der Waals surface area contributed by atoms with Crippen LogP contribution >= 0.6 is 11.3 Å². The van der Waals surface area contributed by atoms with Crippen LogP contribution in [0.25, 0.3) is 0 Å². The summed E-state index contributed by atoms with van der Waals surface area (Å²) >= 11 is 1.75. The van der Waals surface area contributed by atoms with E-state index in [1.807, 2.05) is 0 Å². The first kappa shape index (κ1) is 16.2. The molecule has 3 heteroatoms. The molecule has 0 fully saturated rings. The Morgan fingerprint density at radius 3 is 2.57 bits per heavy atom. The lowest BCUT2D eigenvalue weighted by Gasteiger charge is -2.23. The highest BCUT2D eigenvalue weighted by atomic mass is 32.1. The van der Waals surface area contributed by atoms with Crippen LogP contribution in [0.1, 0.15) is 41.9 Å². The van der Waals surface area contributed by atoms with Gasteiger partial charge in [0.15, 0.2) is 0 Å². The zero-order chi connectivity index (χ0) is 15.1. The first-order valence-corrected chi connectivity index (χ1v) is 8.55. The maximum absolute atomic E-state index is 6.25. The summed E-state index contributed by atoms with van der Waals surface area (Å²) in [6.45, 7) is 5.01. The van der Waals surface area contributed by atoms with Gasteiger partial charge in [0.25, 0.3) is 0 Å². The Morgan fingerprint density at radius 1 is 1.19 bits per heavy atom. The minimum atomic E-state index is 0.0331. The maximum atomic E-state index is 6.25. The summed E-state index contributed by atoms with van der Waals surface area (Å²) in [6, 6.07) is 12.8. The van der Waals surface area contributed by atoms with Crippen molar-refractivity contribution in [1.29, 1.82) is 0 Å². The number of rotatable bonds is 8. The van der Waals surface area contributed by atoms with E-state index in [2.05, 4.69) is 55.6 Å². The first-order valence-electron chi connectivity index (χ1n) is 7.67. The lowest BCUT2D eigenvalue weighted by atomic mass is 10.1. The molecule has 2 nitrogen and oxygen atoms in total. The summed E-state index contributed by atoms with van der Waals surface area (Å²) in [7, 11) is 0. The summed E-state index contributed by atoms with van der Waals surface area (Å²) in [5.74, 6) is 0. The highest BCUT2D eigenvalue weighted by molar-refractivity contribution is 7.10. The van der Waals surface area contributed by atoms with Crippen LogP contribution in [-0.4, -0.2) is 12.6 Å². The predicted octanol–water partition coefficient (Wildman–Crippen LogP) is 4.48. The summed E-state index contributed by atoms with van der Waals surface area (Å²) in [5.41, 5.74) is 8.91. The Labute approximate surface area is 132 Å². The normalized spacial score (nSPS) is 14.0. The van der Waals surface area contributed by atoms with Crippen molar-refractivity contribution in [3.63, 3.8) is 0 Å². The molecule has 0 spiro atoms. The Morgan fingerprint density at radius 2 is 1.95 bits per heavy atom. The molecule has 0 saturated heterocycles. The molecule has 0 aliphatic rings. The number of ether oxygens (including phenoxy) is 1. The number of thiophene rings is 1. The quantitative estimate of drug-likeness (QED) is 0.730. The number of hydrogen-bond donors (Lipinski definition) is 1. The van der Waals surface area contributed by atoms with Crippen molar-refractivity contribution in [2.75, 3.05) is 6.61 Å². The molecule has 2 N–H and O–H groups in total. The second-order valence-corrected chi connectivity index (χ2v) is 6.37. The van der Waals surface area contributed by atoms with Crippen molar-refractivity contribution >= 4 is 11.3 Å². The Balaban J connectivity index is 1.87. The van der Waals surface area contributed by atoms with Gasteiger partial charge in [0.1, 0.15) is 6.10 Å². The fraction of sp³-hybridized carbons (Fsp3) is 0.444. The number of hydrogen-bond acceptors (Lipinski definition) is 3. The fourth-order valence-electron chi connectivity index (χ4n) is 2.41. The van der Waals surface area contributed by atoms with Gasteiger partial charge in [0.2, 0.25) is 0 Å². The van der Waals surface area contributed by atoms with E-state index in [0.717, 1.165) is 25.9 Å². The highest BCUT2D eigenvalue weighted by Gasteiger charge is 2.21. The summed E-state index contributed by atoms with van der Waals surface area (Å²) in [4.78, 5) is 1.28. The van der Waals surface area contributed by atoms with Gasteiger partial charge in [-0.2, -0.15) is 0 Å². The summed E-state index contributed by atoms with van der Waals surface area (Å²) in [6.07, 6.45) is 3.05. The van der Waals surface area contributed by atoms with Crippen LogP contribution in [0.2, 0.25) is 0 Å². The molecule has 1 heterocycles. The third-order valence-corrected chi connectivity index (χ3v) is 4.85. The number of benzene rings is 1. The first-order chi connectivity index (χ1) is 10.2. The summed E-state index contributed by atoms with van der Waals surface area (Å²) < 4.78 is 6.13. The van der Waals surface area contributed by atoms with Gasteiger partial charge in [-0.15, -0.1) is 11.3 Å². The second-order valence-electron chi connectivity index (χ2n) is 5.42. The average Bonchev–Trinajstić information content (AvgIpc) is 2.93. The van der Waals surface area contributed by atoms with Crippen LogP contribution in [0, 0.1) is 6.92 Å². The number of nitrogens with two attached hydrogens (primary N) is 1. The van der Waals surface area contributed by atoms with Crippen molar-refractivity contribution in [1.82, 2.24) is 0 Å². The van der Waals surface area contributed by atoms with Crippen molar-refractivity contribution in [3.8, 4) is 0 Å². The van der Waals surface area contributed by atoms with E-state index >= 15 is 0 Å². The van der Waals surface area contributed by atoms with Gasteiger partial charge in [-0.05, 0) is 48.8 Å². The fourth-order valence-corrected chi connectivity index (χ4v) is 3.46. The van der Waals surface area contributed by atoms with Crippen LogP contribution in [0.4, 0.5) is 0 Å². The van der Waals surface area contributed by atoms with Crippen molar-refractivity contribution < 1.29 is 4.74 Å². The molecule has 2 rings (SSSR count). The third kappa shape index (κ3) is 4.67. The van der Waals surface area contributed by atoms with Crippen LogP contribution < -0.4 is 5.73 Å². The van der Waals surface area contributed by atoms with E-state index in [0.29, 0.717) is 0 Å². The molecule has 0 aliphatic heterocycles. The van der Waals surface area contributed by atoms with E-state index in [-0.39, 0.29) is 12.1 Å². The molecule has 2 aromatic rings. The van der Waals surface area contributed by atoms with Crippen LogP contribution in [0.15, 0.2) is 41.8 Å². The average molecular weight is 303 g/mol. The molecule has 1 aromatic heterocycles. The standard InChI is InChI=1S/C18H25NOS/c1-3-16(19)17(18-14(2)11-13-21-18)20-12-7-10-15-8-5-4-6-9-15/h4-6,8-9,11,13,16-17H,3,7,10,12,19H2,1-2H3. The Bertz CT molecular complexity index is 523. The molecule has 2 atom stereocenters. The van der Waals surface area contributed by atoms with Crippen molar-refractivity contribution in [2.45, 2.75) is 45.3 Å². The highest BCUT2D eigenvalue weighted by Crippen LogP contribution is 2.30. The summed E-state index contributed by atoms with van der Waals surface area (Å²) in [5, 5.41) is 2.12.